The summed E-state index contributed by atoms with van der Waals surface area (Å²) in [5.41, 5.74) is 0. The zero-order valence-corrected chi connectivity index (χ0v) is 6.14. The van der Waals surface area contributed by atoms with Crippen LogP contribution in [0.15, 0.2) is 0 Å². The molecule has 0 aromatic rings. The van der Waals surface area contributed by atoms with Gasteiger partial charge in [-0.25, -0.2) is 0 Å². The average Bonchev–Trinajstić information content (AvgIpc) is 1.19. The van der Waals surface area contributed by atoms with Crippen LogP contribution in [-0.4, -0.2) is 4.19 Å². The standard InChI is InChI=1S/Cr.Mn.H2O.6O/h;;1H2;;;;;;/q;+1;;;;;;;/p-1. The Balaban J connectivity index is 0. The van der Waals surface area contributed by atoms with Gasteiger partial charge in [0.1, 0.15) is 0 Å². The molecule has 0 heterocycles. The topological polar surface area (TPSA) is 123 Å². The fourth-order valence-corrected chi connectivity index (χ4v) is 0. The van der Waals surface area contributed by atoms with E-state index in [1.807, 2.05) is 0 Å². The van der Waals surface area contributed by atoms with Crippen molar-refractivity contribution in [2.24, 2.45) is 0 Å². The summed E-state index contributed by atoms with van der Waals surface area (Å²) in [6, 6.07) is 0. The van der Waals surface area contributed by atoms with Crippen LogP contribution in [0.2, 0.25) is 0 Å². The molecule has 0 saturated carbocycles. The van der Waals surface area contributed by atoms with E-state index in [1.54, 1.807) is 0 Å². The van der Waals surface area contributed by atoms with Gasteiger partial charge in [-0.15, -0.1) is 0 Å². The van der Waals surface area contributed by atoms with Crippen molar-refractivity contribution in [3.8, 4) is 0 Å². The fraction of sp³-hybridized carbons (Fsp3) is 0. The molecule has 0 aliphatic carbocycles. The number of hydrogen-bond acceptors (Lipinski definition) is 6. The van der Waals surface area contributed by atoms with Gasteiger partial charge in [0, 0.05) is 0 Å². The van der Waals surface area contributed by atoms with Crippen LogP contribution in [-0.2, 0) is 49.8 Å². The summed E-state index contributed by atoms with van der Waals surface area (Å²) in [5, 5.41) is 0. The van der Waals surface area contributed by atoms with Gasteiger partial charge in [0.2, 0.25) is 0 Å². The molecular weight excluding hydrogens is 219 g/mol. The quantitative estimate of drug-likeness (QED) is 0.504. The van der Waals surface area contributed by atoms with Crippen LogP contribution in [0.3, 0.4) is 0 Å². The molecule has 0 aromatic heterocycles. The molecule has 0 spiro atoms. The van der Waals surface area contributed by atoms with E-state index < -0.39 is 26.9 Å². The average molecular weight is 220 g/mol. The molecule has 0 radical (unpaired) electrons. The van der Waals surface area contributed by atoms with Gasteiger partial charge in [-0.2, -0.15) is 0 Å². The summed E-state index contributed by atoms with van der Waals surface area (Å²) in [6.07, 6.45) is 0. The van der Waals surface area contributed by atoms with Crippen molar-refractivity contribution < 1.29 is 54.0 Å². The predicted octanol–water partition coefficient (Wildman–Crippen LogP) is -1.27. The van der Waals surface area contributed by atoms with Crippen LogP contribution in [0.1, 0.15) is 0 Å². The summed E-state index contributed by atoms with van der Waals surface area (Å²) in [4.78, 5) is 0. The molecule has 56 valence electrons. The first-order valence-electron chi connectivity index (χ1n) is 1.13. The van der Waals surface area contributed by atoms with Gasteiger partial charge < -0.3 is 0 Å². The molecule has 0 saturated heterocycles. The van der Waals surface area contributed by atoms with E-state index in [0.717, 1.165) is 0 Å². The minimum atomic E-state index is -5.38. The van der Waals surface area contributed by atoms with Gasteiger partial charge in [-0.05, 0) is 0 Å². The van der Waals surface area contributed by atoms with E-state index in [1.165, 1.54) is 0 Å². The second-order valence-corrected chi connectivity index (χ2v) is 2.47. The first-order chi connectivity index (χ1) is 3.73. The molecule has 0 bridgehead atoms. The van der Waals surface area contributed by atoms with Crippen LogP contribution in [0.4, 0.5) is 0 Å². The molecule has 0 fully saturated rings. The molecule has 0 unspecified atom stereocenters. The fourth-order valence-electron chi connectivity index (χ4n) is 0. The maximum atomic E-state index is 8.69. The Kier molecular flexibility index (Phi) is 6.01. The molecule has 1 N–H and O–H groups in total. The molecule has 7 nitrogen and oxygen atoms in total. The molecule has 9 heteroatoms. The van der Waals surface area contributed by atoms with Gasteiger partial charge in [0.15, 0.2) is 0 Å². The second-order valence-electron chi connectivity index (χ2n) is 0.600. The minimum absolute atomic E-state index is 3.79. The van der Waals surface area contributed by atoms with Crippen molar-refractivity contribution in [3.05, 3.63) is 0 Å². The van der Waals surface area contributed by atoms with Crippen molar-refractivity contribution in [2.45, 2.75) is 0 Å². The maximum absolute atomic E-state index is 8.69. The summed E-state index contributed by atoms with van der Waals surface area (Å²) >= 11 is -9.17. The third kappa shape index (κ3) is 7460. The summed E-state index contributed by atoms with van der Waals surface area (Å²) in [5.74, 6) is 0. The first-order valence-corrected chi connectivity index (χ1v) is 4.67. The van der Waals surface area contributed by atoms with Crippen LogP contribution in [0.25, 0.3) is 0 Å². The first kappa shape index (κ1) is 11.6. The SMILES string of the molecule is [O]=[Cr](=[O])=[O].[O]=[Mn](=[O])(=[O])[OH]. The summed E-state index contributed by atoms with van der Waals surface area (Å²) in [7, 11) is 0. The molecule has 0 aliphatic rings. The van der Waals surface area contributed by atoms with Crippen molar-refractivity contribution in [1.82, 2.24) is 0 Å². The van der Waals surface area contributed by atoms with Crippen LogP contribution in [0.5, 0.6) is 0 Å². The third-order valence-electron chi connectivity index (χ3n) is 0. The van der Waals surface area contributed by atoms with Gasteiger partial charge in [-0.3, -0.25) is 0 Å². The molecule has 0 aliphatic heterocycles. The number of rotatable bonds is 0. The van der Waals surface area contributed by atoms with E-state index in [4.69, 9.17) is 27.1 Å². The Morgan fingerprint density at radius 3 is 1.00 bits per heavy atom. The molecular formula is HCrMnO7. The normalized spacial score (nSPS) is 9.00. The third-order valence-corrected chi connectivity index (χ3v) is 0. The van der Waals surface area contributed by atoms with Gasteiger partial charge in [0.05, 0.1) is 0 Å². The Morgan fingerprint density at radius 2 is 1.00 bits per heavy atom. The molecule has 9 heavy (non-hydrogen) atoms. The Hall–Kier alpha value is -0.188. The van der Waals surface area contributed by atoms with Gasteiger partial charge in [-0.1, -0.05) is 0 Å². The zero-order valence-electron chi connectivity index (χ0n) is 3.68. The second kappa shape index (κ2) is 4.67. The zero-order chi connectivity index (χ0) is 8.08. The van der Waals surface area contributed by atoms with Crippen molar-refractivity contribution in [3.63, 3.8) is 0 Å². The Labute approximate surface area is 54.5 Å². The van der Waals surface area contributed by atoms with Crippen LogP contribution >= 0.6 is 0 Å². The molecule has 0 aromatic carbocycles. The van der Waals surface area contributed by atoms with E-state index in [-0.39, 0.29) is 0 Å². The predicted molar refractivity (Wildman–Crippen MR) is 6.34 cm³/mol. The van der Waals surface area contributed by atoms with E-state index in [0.29, 0.717) is 0 Å². The van der Waals surface area contributed by atoms with Crippen molar-refractivity contribution >= 4 is 0 Å². The Morgan fingerprint density at radius 1 is 1.00 bits per heavy atom. The van der Waals surface area contributed by atoms with E-state index in [2.05, 4.69) is 0 Å². The Bertz CT molecular complexity index is 270. The van der Waals surface area contributed by atoms with Gasteiger partial charge in [0.25, 0.3) is 0 Å². The summed E-state index contributed by atoms with van der Waals surface area (Å²) in [6.45, 7) is 0. The van der Waals surface area contributed by atoms with E-state index >= 15 is 0 Å². The van der Waals surface area contributed by atoms with Crippen LogP contribution in [0, 0.1) is 0 Å². The monoisotopic (exact) mass is 220 g/mol. The van der Waals surface area contributed by atoms with Crippen molar-refractivity contribution in [2.75, 3.05) is 0 Å². The van der Waals surface area contributed by atoms with Gasteiger partial charge >= 0.3 is 54.0 Å². The molecule has 0 amide bonds. The van der Waals surface area contributed by atoms with E-state index in [9.17, 15) is 0 Å². The molecule has 0 rings (SSSR count). The molecule has 0 atom stereocenters. The number of hydrogen-bond donors (Lipinski definition) is 1. The van der Waals surface area contributed by atoms with Crippen molar-refractivity contribution in [1.29, 1.82) is 0 Å². The summed E-state index contributed by atoms with van der Waals surface area (Å²) < 4.78 is 58.7. The van der Waals surface area contributed by atoms with Crippen LogP contribution < -0.4 is 0 Å².